The normalized spacial score (nSPS) is 15.2. The van der Waals surface area contributed by atoms with E-state index in [2.05, 4.69) is 15.2 Å². The van der Waals surface area contributed by atoms with Gasteiger partial charge in [-0.2, -0.15) is 0 Å². The van der Waals surface area contributed by atoms with Gasteiger partial charge in [0.25, 0.3) is 5.91 Å². The molecule has 7 heteroatoms. The summed E-state index contributed by atoms with van der Waals surface area (Å²) in [6.45, 7) is 3.95. The van der Waals surface area contributed by atoms with Crippen molar-refractivity contribution < 1.29 is 14.3 Å². The van der Waals surface area contributed by atoms with E-state index < -0.39 is 0 Å². The van der Waals surface area contributed by atoms with Crippen LogP contribution in [0.1, 0.15) is 27.3 Å². The maximum atomic E-state index is 11.8. The average molecular weight is 355 g/mol. The minimum absolute atomic E-state index is 0.239. The van der Waals surface area contributed by atoms with Gasteiger partial charge in [0.15, 0.2) is 5.11 Å². The number of nitrogens with zero attached hydrogens (tertiary/aromatic N) is 1. The Balaban J connectivity index is 1.98. The van der Waals surface area contributed by atoms with Crippen LogP contribution in [-0.2, 0) is 9.53 Å². The molecular formula is C18H17N3O3S. The fourth-order valence-corrected chi connectivity index (χ4v) is 3.04. The van der Waals surface area contributed by atoms with E-state index in [-0.39, 0.29) is 11.9 Å². The number of carbonyl (C=O) groups is 2. The second kappa shape index (κ2) is 6.52. The minimum Gasteiger partial charge on any atom is -0.465 e. The number of amides is 1. The third-order valence-corrected chi connectivity index (χ3v) is 4.24. The minimum atomic E-state index is -0.368. The van der Waals surface area contributed by atoms with Crippen LogP contribution in [0, 0.1) is 13.8 Å². The van der Waals surface area contributed by atoms with Crippen LogP contribution in [-0.4, -0.2) is 28.7 Å². The summed E-state index contributed by atoms with van der Waals surface area (Å²) in [5.74, 6) is -0.607. The van der Waals surface area contributed by atoms with E-state index >= 15 is 0 Å². The van der Waals surface area contributed by atoms with Gasteiger partial charge in [-0.1, -0.05) is 0 Å². The predicted molar refractivity (Wildman–Crippen MR) is 98.4 cm³/mol. The highest BCUT2D eigenvalue weighted by Gasteiger charge is 2.21. The third kappa shape index (κ3) is 3.18. The van der Waals surface area contributed by atoms with Crippen molar-refractivity contribution in [2.75, 3.05) is 7.11 Å². The number of benzene rings is 1. The Kier molecular flexibility index (Phi) is 4.41. The SMILES string of the molecule is COC(=O)c1ccc(-n2c(C)cc(/C=C3\NC(=S)NC3=O)c2C)cc1. The molecule has 1 aliphatic heterocycles. The van der Waals surface area contributed by atoms with Crippen LogP contribution in [0.15, 0.2) is 36.0 Å². The molecule has 2 N–H and O–H groups in total. The fourth-order valence-electron chi connectivity index (χ4n) is 2.83. The molecule has 0 bridgehead atoms. The summed E-state index contributed by atoms with van der Waals surface area (Å²) in [5.41, 5.74) is 4.74. The molecular weight excluding hydrogens is 338 g/mol. The van der Waals surface area contributed by atoms with Crippen LogP contribution >= 0.6 is 12.2 Å². The molecule has 2 aromatic rings. The first-order valence-electron chi connectivity index (χ1n) is 7.62. The molecule has 1 aromatic carbocycles. The van der Waals surface area contributed by atoms with Crippen LogP contribution in [0.4, 0.5) is 0 Å². The standard InChI is InChI=1S/C18H17N3O3S/c1-10-8-13(9-15-16(22)20-18(25)19-15)11(2)21(10)14-6-4-12(5-7-14)17(23)24-3/h4-9H,1-3H3,(H2,19,20,22,25)/b15-9-. The van der Waals surface area contributed by atoms with Crippen LogP contribution in [0.5, 0.6) is 0 Å². The van der Waals surface area contributed by atoms with E-state index in [4.69, 9.17) is 17.0 Å². The summed E-state index contributed by atoms with van der Waals surface area (Å²) >= 11 is 4.95. The predicted octanol–water partition coefficient (Wildman–Crippen LogP) is 2.23. The van der Waals surface area contributed by atoms with E-state index in [0.29, 0.717) is 16.4 Å². The fraction of sp³-hybridized carbons (Fsp3) is 0.167. The van der Waals surface area contributed by atoms with Gasteiger partial charge in [-0.3, -0.25) is 10.1 Å². The van der Waals surface area contributed by atoms with Gasteiger partial charge < -0.3 is 14.6 Å². The zero-order valence-electron chi connectivity index (χ0n) is 14.0. The van der Waals surface area contributed by atoms with E-state index in [1.165, 1.54) is 7.11 Å². The smallest absolute Gasteiger partial charge is 0.337 e. The summed E-state index contributed by atoms with van der Waals surface area (Å²) in [4.78, 5) is 23.4. The van der Waals surface area contributed by atoms with Crippen molar-refractivity contribution in [1.82, 2.24) is 15.2 Å². The molecule has 6 nitrogen and oxygen atoms in total. The van der Waals surface area contributed by atoms with Gasteiger partial charge >= 0.3 is 5.97 Å². The molecule has 128 valence electrons. The number of methoxy groups -OCH3 is 1. The van der Waals surface area contributed by atoms with Crippen molar-refractivity contribution >= 4 is 35.3 Å². The lowest BCUT2D eigenvalue weighted by Crippen LogP contribution is -2.21. The first kappa shape index (κ1) is 16.9. The highest BCUT2D eigenvalue weighted by atomic mass is 32.1. The van der Waals surface area contributed by atoms with Crippen LogP contribution in [0.3, 0.4) is 0 Å². The monoisotopic (exact) mass is 355 g/mol. The zero-order chi connectivity index (χ0) is 18.1. The number of carbonyl (C=O) groups excluding carboxylic acids is 2. The number of rotatable bonds is 3. The van der Waals surface area contributed by atoms with Crippen molar-refractivity contribution in [1.29, 1.82) is 0 Å². The molecule has 2 heterocycles. The summed E-state index contributed by atoms with van der Waals surface area (Å²) in [7, 11) is 1.36. The van der Waals surface area contributed by atoms with Crippen LogP contribution in [0.25, 0.3) is 11.8 Å². The molecule has 0 aliphatic carbocycles. The van der Waals surface area contributed by atoms with Gasteiger partial charge in [0.2, 0.25) is 0 Å². The molecule has 1 amide bonds. The zero-order valence-corrected chi connectivity index (χ0v) is 14.9. The Morgan fingerprint density at radius 2 is 1.88 bits per heavy atom. The number of nitrogens with one attached hydrogen (secondary N) is 2. The Hall–Kier alpha value is -2.93. The number of hydrogen-bond acceptors (Lipinski definition) is 4. The second-order valence-corrected chi connectivity index (χ2v) is 6.07. The first-order valence-corrected chi connectivity index (χ1v) is 8.03. The van der Waals surface area contributed by atoms with Crippen molar-refractivity contribution in [2.45, 2.75) is 13.8 Å². The molecule has 0 spiro atoms. The lowest BCUT2D eigenvalue weighted by molar-refractivity contribution is -0.115. The number of ether oxygens (including phenoxy) is 1. The summed E-state index contributed by atoms with van der Waals surface area (Å²) in [5, 5.41) is 5.70. The van der Waals surface area contributed by atoms with Gasteiger partial charge in [0.1, 0.15) is 5.70 Å². The number of hydrogen-bond donors (Lipinski definition) is 2. The van der Waals surface area contributed by atoms with Crippen molar-refractivity contribution in [3.63, 3.8) is 0 Å². The maximum Gasteiger partial charge on any atom is 0.337 e. The Labute approximate surface area is 150 Å². The van der Waals surface area contributed by atoms with Crippen molar-refractivity contribution in [2.24, 2.45) is 0 Å². The van der Waals surface area contributed by atoms with Gasteiger partial charge in [-0.05, 0) is 68.0 Å². The number of aromatic nitrogens is 1. The quantitative estimate of drug-likeness (QED) is 0.502. The highest BCUT2D eigenvalue weighted by molar-refractivity contribution is 7.80. The van der Waals surface area contributed by atoms with Crippen LogP contribution < -0.4 is 10.6 Å². The summed E-state index contributed by atoms with van der Waals surface area (Å²) in [6.07, 6.45) is 1.77. The molecule has 1 aromatic heterocycles. The Morgan fingerprint density at radius 3 is 2.44 bits per heavy atom. The summed E-state index contributed by atoms with van der Waals surface area (Å²) in [6, 6.07) is 9.16. The average Bonchev–Trinajstić information content (AvgIpc) is 3.05. The number of thiocarbonyl (C=S) groups is 1. The van der Waals surface area contributed by atoms with Gasteiger partial charge in [-0.25, -0.2) is 4.79 Å². The van der Waals surface area contributed by atoms with E-state index in [0.717, 1.165) is 22.6 Å². The molecule has 1 aliphatic rings. The molecule has 0 unspecified atom stereocenters. The van der Waals surface area contributed by atoms with Crippen molar-refractivity contribution in [3.05, 3.63) is 58.5 Å². The topological polar surface area (TPSA) is 72.4 Å². The molecule has 1 fully saturated rings. The van der Waals surface area contributed by atoms with Crippen molar-refractivity contribution in [3.8, 4) is 5.69 Å². The molecule has 0 atom stereocenters. The second-order valence-electron chi connectivity index (χ2n) is 5.67. The van der Waals surface area contributed by atoms with Gasteiger partial charge in [0, 0.05) is 17.1 Å². The van der Waals surface area contributed by atoms with E-state index in [9.17, 15) is 9.59 Å². The molecule has 1 saturated heterocycles. The Morgan fingerprint density at radius 1 is 1.20 bits per heavy atom. The number of esters is 1. The number of aryl methyl sites for hydroxylation is 1. The summed E-state index contributed by atoms with van der Waals surface area (Å²) < 4.78 is 6.77. The molecule has 0 radical (unpaired) electrons. The van der Waals surface area contributed by atoms with Gasteiger partial charge in [0.05, 0.1) is 12.7 Å². The maximum absolute atomic E-state index is 11.8. The highest BCUT2D eigenvalue weighted by Crippen LogP contribution is 2.23. The van der Waals surface area contributed by atoms with Crippen LogP contribution in [0.2, 0.25) is 0 Å². The molecule has 25 heavy (non-hydrogen) atoms. The lowest BCUT2D eigenvalue weighted by Gasteiger charge is -2.10. The van der Waals surface area contributed by atoms with Gasteiger partial charge in [-0.15, -0.1) is 0 Å². The third-order valence-electron chi connectivity index (χ3n) is 4.04. The largest absolute Gasteiger partial charge is 0.465 e. The molecule has 0 saturated carbocycles. The van der Waals surface area contributed by atoms with E-state index in [1.807, 2.05) is 32.0 Å². The Bertz CT molecular complexity index is 910. The first-order chi connectivity index (χ1) is 11.9. The lowest BCUT2D eigenvalue weighted by atomic mass is 10.2. The molecule has 3 rings (SSSR count). The van der Waals surface area contributed by atoms with E-state index in [1.54, 1.807) is 18.2 Å².